The lowest BCUT2D eigenvalue weighted by Crippen LogP contribution is -2.21. The number of rotatable bonds is 0. The first-order valence-electron chi connectivity index (χ1n) is 5.43. The van der Waals surface area contributed by atoms with Gasteiger partial charge in [-0.05, 0) is 37.0 Å². The molecule has 0 aromatic carbocycles. The first-order valence-corrected chi connectivity index (χ1v) is 5.43. The maximum atomic E-state index is 11.1. The van der Waals surface area contributed by atoms with Crippen molar-refractivity contribution in [1.82, 2.24) is 0 Å². The van der Waals surface area contributed by atoms with Gasteiger partial charge in [-0.2, -0.15) is 0 Å². The number of carbonyl (C=O) groups excluding carboxylic acids is 1. The Morgan fingerprint density at radius 1 is 1.23 bits per heavy atom. The molecule has 0 aromatic rings. The molecule has 2 heteroatoms. The Labute approximate surface area is 79.7 Å². The number of cyclic esters (lactones) is 1. The summed E-state index contributed by atoms with van der Waals surface area (Å²) in [5.41, 5.74) is 0. The number of carbonyl (C=O) groups is 1. The van der Waals surface area contributed by atoms with Crippen LogP contribution in [0.4, 0.5) is 0 Å². The molecule has 0 bridgehead atoms. The molecule has 0 radical (unpaired) electrons. The average Bonchev–Trinajstić information content (AvgIpc) is 2.40. The van der Waals surface area contributed by atoms with E-state index in [2.05, 4.69) is 6.92 Å². The van der Waals surface area contributed by atoms with Crippen molar-refractivity contribution in [2.75, 3.05) is 6.61 Å². The summed E-state index contributed by atoms with van der Waals surface area (Å²) in [6.45, 7) is 2.99. The SMILES string of the molecule is C[C@@H]1CC[C@H]2CCOC(=O)CC[C@H]21. The molecule has 1 aliphatic carbocycles. The molecule has 0 N–H and O–H groups in total. The quantitative estimate of drug-likeness (QED) is 0.538. The standard InChI is InChI=1S/C11H18O2/c1-8-2-3-9-6-7-13-11(12)5-4-10(8)9/h8-10H,2-7H2,1H3/t8-,9+,10+/m1/s1. The lowest BCUT2D eigenvalue weighted by Gasteiger charge is -2.24. The highest BCUT2D eigenvalue weighted by Gasteiger charge is 2.34. The smallest absolute Gasteiger partial charge is 0.305 e. The van der Waals surface area contributed by atoms with Crippen LogP contribution in [0.25, 0.3) is 0 Å². The zero-order valence-corrected chi connectivity index (χ0v) is 8.29. The second-order valence-electron chi connectivity index (χ2n) is 4.53. The Morgan fingerprint density at radius 3 is 2.92 bits per heavy atom. The Bertz CT molecular complexity index is 200. The molecule has 2 fully saturated rings. The van der Waals surface area contributed by atoms with Crippen LogP contribution < -0.4 is 0 Å². The van der Waals surface area contributed by atoms with Gasteiger partial charge < -0.3 is 4.74 Å². The van der Waals surface area contributed by atoms with Gasteiger partial charge in [0.15, 0.2) is 0 Å². The Morgan fingerprint density at radius 2 is 2.08 bits per heavy atom. The number of hydrogen-bond acceptors (Lipinski definition) is 2. The number of ether oxygens (including phenoxy) is 1. The van der Waals surface area contributed by atoms with E-state index in [1.54, 1.807) is 0 Å². The minimum absolute atomic E-state index is 0.0116. The highest BCUT2D eigenvalue weighted by atomic mass is 16.5. The van der Waals surface area contributed by atoms with Gasteiger partial charge in [-0.1, -0.05) is 13.3 Å². The van der Waals surface area contributed by atoms with Gasteiger partial charge in [0.05, 0.1) is 6.61 Å². The van der Waals surface area contributed by atoms with Gasteiger partial charge in [-0.15, -0.1) is 0 Å². The summed E-state index contributed by atoms with van der Waals surface area (Å²) in [6, 6.07) is 0. The van der Waals surface area contributed by atoms with Crippen molar-refractivity contribution in [3.05, 3.63) is 0 Å². The van der Waals surface area contributed by atoms with E-state index in [0.29, 0.717) is 13.0 Å². The molecular weight excluding hydrogens is 164 g/mol. The third-order valence-corrected chi connectivity index (χ3v) is 3.76. The molecule has 2 rings (SSSR count). The van der Waals surface area contributed by atoms with Gasteiger partial charge in [0.1, 0.15) is 0 Å². The number of esters is 1. The second-order valence-corrected chi connectivity index (χ2v) is 4.53. The lowest BCUT2D eigenvalue weighted by atomic mass is 9.84. The summed E-state index contributed by atoms with van der Waals surface area (Å²) in [5, 5.41) is 0. The van der Waals surface area contributed by atoms with Crippen LogP contribution in [0.15, 0.2) is 0 Å². The van der Waals surface area contributed by atoms with Gasteiger partial charge in [0.2, 0.25) is 0 Å². The molecule has 0 spiro atoms. The van der Waals surface area contributed by atoms with E-state index in [9.17, 15) is 4.79 Å². The van der Waals surface area contributed by atoms with Crippen LogP contribution in [0.1, 0.15) is 39.0 Å². The van der Waals surface area contributed by atoms with Crippen LogP contribution >= 0.6 is 0 Å². The van der Waals surface area contributed by atoms with Crippen LogP contribution in [-0.2, 0) is 9.53 Å². The Balaban J connectivity index is 1.99. The fourth-order valence-electron chi connectivity index (χ4n) is 2.93. The maximum absolute atomic E-state index is 11.1. The summed E-state index contributed by atoms with van der Waals surface area (Å²) < 4.78 is 5.09. The van der Waals surface area contributed by atoms with Crippen LogP contribution in [0.3, 0.4) is 0 Å². The fraction of sp³-hybridized carbons (Fsp3) is 0.909. The third-order valence-electron chi connectivity index (χ3n) is 3.76. The van der Waals surface area contributed by atoms with Crippen LogP contribution in [0.5, 0.6) is 0 Å². The summed E-state index contributed by atoms with van der Waals surface area (Å²) in [5.74, 6) is 2.48. The maximum Gasteiger partial charge on any atom is 0.305 e. The molecule has 0 unspecified atom stereocenters. The first-order chi connectivity index (χ1) is 6.27. The molecule has 74 valence electrons. The largest absolute Gasteiger partial charge is 0.466 e. The monoisotopic (exact) mass is 182 g/mol. The van der Waals surface area contributed by atoms with Crippen molar-refractivity contribution >= 4 is 5.97 Å². The molecule has 13 heavy (non-hydrogen) atoms. The topological polar surface area (TPSA) is 26.3 Å². The van der Waals surface area contributed by atoms with Gasteiger partial charge in [0, 0.05) is 6.42 Å². The molecule has 1 heterocycles. The molecule has 3 atom stereocenters. The minimum atomic E-state index is 0.0116. The van der Waals surface area contributed by atoms with Gasteiger partial charge in [-0.3, -0.25) is 4.79 Å². The number of fused-ring (bicyclic) bond motifs is 1. The van der Waals surface area contributed by atoms with E-state index in [0.717, 1.165) is 30.6 Å². The van der Waals surface area contributed by atoms with E-state index in [1.165, 1.54) is 12.8 Å². The van der Waals surface area contributed by atoms with Gasteiger partial charge in [0.25, 0.3) is 0 Å². The highest BCUT2D eigenvalue weighted by Crippen LogP contribution is 2.42. The fourth-order valence-corrected chi connectivity index (χ4v) is 2.93. The summed E-state index contributed by atoms with van der Waals surface area (Å²) in [4.78, 5) is 11.1. The van der Waals surface area contributed by atoms with Gasteiger partial charge >= 0.3 is 5.97 Å². The average molecular weight is 182 g/mol. The summed E-state index contributed by atoms with van der Waals surface area (Å²) in [7, 11) is 0. The van der Waals surface area contributed by atoms with Crippen molar-refractivity contribution in [3.63, 3.8) is 0 Å². The molecule has 2 aliphatic rings. The van der Waals surface area contributed by atoms with E-state index in [1.807, 2.05) is 0 Å². The van der Waals surface area contributed by atoms with Crippen LogP contribution in [0, 0.1) is 17.8 Å². The van der Waals surface area contributed by atoms with Crippen molar-refractivity contribution in [3.8, 4) is 0 Å². The van der Waals surface area contributed by atoms with E-state index in [-0.39, 0.29) is 5.97 Å². The lowest BCUT2D eigenvalue weighted by molar-refractivity contribution is -0.145. The minimum Gasteiger partial charge on any atom is -0.466 e. The second kappa shape index (κ2) is 3.69. The van der Waals surface area contributed by atoms with Crippen molar-refractivity contribution in [2.45, 2.75) is 39.0 Å². The number of hydrogen-bond donors (Lipinski definition) is 0. The molecule has 0 aromatic heterocycles. The Hall–Kier alpha value is -0.530. The van der Waals surface area contributed by atoms with E-state index < -0.39 is 0 Å². The van der Waals surface area contributed by atoms with Crippen molar-refractivity contribution in [2.24, 2.45) is 17.8 Å². The summed E-state index contributed by atoms with van der Waals surface area (Å²) >= 11 is 0. The zero-order chi connectivity index (χ0) is 9.26. The van der Waals surface area contributed by atoms with E-state index in [4.69, 9.17) is 4.74 Å². The molecule has 1 aliphatic heterocycles. The van der Waals surface area contributed by atoms with Crippen molar-refractivity contribution < 1.29 is 9.53 Å². The molecule has 2 nitrogen and oxygen atoms in total. The predicted molar refractivity (Wildman–Crippen MR) is 50.2 cm³/mol. The summed E-state index contributed by atoms with van der Waals surface area (Å²) in [6.07, 6.45) is 5.50. The molecular formula is C11H18O2. The normalized spacial score (nSPS) is 40.4. The van der Waals surface area contributed by atoms with Crippen LogP contribution in [-0.4, -0.2) is 12.6 Å². The third kappa shape index (κ3) is 1.87. The molecule has 1 saturated carbocycles. The van der Waals surface area contributed by atoms with Crippen LogP contribution in [0.2, 0.25) is 0 Å². The molecule has 1 saturated heterocycles. The highest BCUT2D eigenvalue weighted by molar-refractivity contribution is 5.69. The zero-order valence-electron chi connectivity index (χ0n) is 8.29. The molecule has 0 amide bonds. The van der Waals surface area contributed by atoms with Gasteiger partial charge in [-0.25, -0.2) is 0 Å². The Kier molecular flexibility index (Phi) is 2.56. The van der Waals surface area contributed by atoms with Crippen molar-refractivity contribution in [1.29, 1.82) is 0 Å². The first kappa shape index (κ1) is 9.04. The predicted octanol–water partition coefficient (Wildman–Crippen LogP) is 2.38. The van der Waals surface area contributed by atoms with E-state index >= 15 is 0 Å².